The van der Waals surface area contributed by atoms with Crippen LogP contribution in [0.15, 0.2) is 48.5 Å². The van der Waals surface area contributed by atoms with E-state index in [-0.39, 0.29) is 6.03 Å². The summed E-state index contributed by atoms with van der Waals surface area (Å²) >= 11 is 0. The van der Waals surface area contributed by atoms with Gasteiger partial charge in [-0.25, -0.2) is 4.79 Å². The summed E-state index contributed by atoms with van der Waals surface area (Å²) in [7, 11) is 0. The molecule has 1 saturated heterocycles. The smallest absolute Gasteiger partial charge is 0.321 e. The average molecular weight is 337 g/mol. The summed E-state index contributed by atoms with van der Waals surface area (Å²) in [4.78, 5) is 16.9. The van der Waals surface area contributed by atoms with Crippen LogP contribution in [-0.4, -0.2) is 42.0 Å². The number of hydrogen-bond donors (Lipinski definition) is 1. The van der Waals surface area contributed by atoms with Crippen LogP contribution in [0.3, 0.4) is 0 Å². The van der Waals surface area contributed by atoms with Gasteiger partial charge in [-0.15, -0.1) is 0 Å². The molecule has 2 aromatic carbocycles. The van der Waals surface area contributed by atoms with Crippen molar-refractivity contribution in [2.45, 2.75) is 26.8 Å². The Morgan fingerprint density at radius 1 is 1.04 bits per heavy atom. The van der Waals surface area contributed by atoms with Crippen LogP contribution in [0.1, 0.15) is 23.6 Å². The van der Waals surface area contributed by atoms with E-state index in [4.69, 9.17) is 0 Å². The van der Waals surface area contributed by atoms with Crippen molar-refractivity contribution in [2.24, 2.45) is 0 Å². The van der Waals surface area contributed by atoms with E-state index in [0.717, 1.165) is 44.8 Å². The number of amides is 2. The van der Waals surface area contributed by atoms with E-state index in [1.54, 1.807) is 0 Å². The molecule has 1 fully saturated rings. The fraction of sp³-hybridized carbons (Fsp3) is 0.381. The van der Waals surface area contributed by atoms with E-state index < -0.39 is 0 Å². The van der Waals surface area contributed by atoms with Gasteiger partial charge < -0.3 is 10.2 Å². The normalized spacial score (nSPS) is 15.2. The minimum Gasteiger partial charge on any atom is -0.322 e. The topological polar surface area (TPSA) is 35.6 Å². The highest BCUT2D eigenvalue weighted by atomic mass is 16.2. The lowest BCUT2D eigenvalue weighted by Gasteiger charge is -2.34. The van der Waals surface area contributed by atoms with Crippen LogP contribution in [0.25, 0.3) is 0 Å². The van der Waals surface area contributed by atoms with Gasteiger partial charge >= 0.3 is 6.03 Å². The minimum atomic E-state index is 0.0103. The number of anilines is 1. The van der Waals surface area contributed by atoms with Crippen LogP contribution in [0.5, 0.6) is 0 Å². The summed E-state index contributed by atoms with van der Waals surface area (Å²) in [6.07, 6.45) is 0.917. The third-order valence-corrected chi connectivity index (χ3v) is 4.79. The first-order chi connectivity index (χ1) is 12.2. The highest BCUT2D eigenvalue weighted by molar-refractivity contribution is 5.90. The number of nitrogens with zero attached hydrogens (tertiary/aromatic N) is 2. The van der Waals surface area contributed by atoms with Crippen LogP contribution < -0.4 is 5.32 Å². The quantitative estimate of drug-likeness (QED) is 0.918. The zero-order valence-corrected chi connectivity index (χ0v) is 15.2. The molecule has 0 saturated carbocycles. The fourth-order valence-corrected chi connectivity index (χ4v) is 3.32. The molecular formula is C21H27N3O. The van der Waals surface area contributed by atoms with Crippen molar-refractivity contribution >= 4 is 11.7 Å². The van der Waals surface area contributed by atoms with E-state index >= 15 is 0 Å². The van der Waals surface area contributed by atoms with Crippen molar-refractivity contribution in [1.29, 1.82) is 0 Å². The summed E-state index contributed by atoms with van der Waals surface area (Å²) in [6, 6.07) is 16.7. The molecule has 0 atom stereocenters. The van der Waals surface area contributed by atoms with Gasteiger partial charge in [0.05, 0.1) is 0 Å². The average Bonchev–Trinajstić information content (AvgIpc) is 2.63. The first-order valence-electron chi connectivity index (χ1n) is 9.07. The monoisotopic (exact) mass is 337 g/mol. The van der Waals surface area contributed by atoms with Gasteiger partial charge in [-0.05, 0) is 30.5 Å². The fourth-order valence-electron chi connectivity index (χ4n) is 3.32. The van der Waals surface area contributed by atoms with Gasteiger partial charge in [0.2, 0.25) is 0 Å². The number of nitrogens with one attached hydrogen (secondary N) is 1. The lowest BCUT2D eigenvalue weighted by atomic mass is 10.1. The highest BCUT2D eigenvalue weighted by Crippen LogP contribution is 2.17. The Morgan fingerprint density at radius 3 is 2.52 bits per heavy atom. The second-order valence-corrected chi connectivity index (χ2v) is 6.69. The number of benzene rings is 2. The number of hydrogen-bond acceptors (Lipinski definition) is 2. The predicted octanol–water partition coefficient (Wildman–Crippen LogP) is 3.91. The third kappa shape index (κ3) is 4.60. The summed E-state index contributed by atoms with van der Waals surface area (Å²) < 4.78 is 0. The number of urea groups is 1. The molecule has 4 heteroatoms. The van der Waals surface area contributed by atoms with Crippen molar-refractivity contribution in [3.63, 3.8) is 0 Å². The molecule has 0 unspecified atom stereocenters. The van der Waals surface area contributed by atoms with Crippen molar-refractivity contribution < 1.29 is 4.79 Å². The molecule has 0 aliphatic carbocycles. The summed E-state index contributed by atoms with van der Waals surface area (Å²) in [6.45, 7) is 8.55. The van der Waals surface area contributed by atoms with E-state index in [2.05, 4.69) is 54.4 Å². The zero-order chi connectivity index (χ0) is 17.6. The molecule has 132 valence electrons. The molecule has 0 aromatic heterocycles. The van der Waals surface area contributed by atoms with Crippen LogP contribution in [-0.2, 0) is 13.0 Å². The Hall–Kier alpha value is -2.33. The lowest BCUT2D eigenvalue weighted by molar-refractivity contribution is 0.143. The van der Waals surface area contributed by atoms with Crippen LogP contribution in [0, 0.1) is 6.92 Å². The third-order valence-electron chi connectivity index (χ3n) is 4.79. The Kier molecular flexibility index (Phi) is 5.71. The molecule has 4 nitrogen and oxygen atoms in total. The van der Waals surface area contributed by atoms with Crippen LogP contribution in [0.2, 0.25) is 0 Å². The number of para-hydroxylation sites is 1. The molecule has 2 amide bonds. The highest BCUT2D eigenvalue weighted by Gasteiger charge is 2.21. The maximum absolute atomic E-state index is 12.5. The van der Waals surface area contributed by atoms with E-state index in [1.165, 1.54) is 16.7 Å². The first-order valence-corrected chi connectivity index (χ1v) is 9.07. The van der Waals surface area contributed by atoms with E-state index in [0.29, 0.717) is 0 Å². The van der Waals surface area contributed by atoms with Gasteiger partial charge in [-0.1, -0.05) is 55.0 Å². The summed E-state index contributed by atoms with van der Waals surface area (Å²) in [5.74, 6) is 0. The molecule has 1 aliphatic rings. The van der Waals surface area contributed by atoms with Gasteiger partial charge in [0, 0.05) is 38.4 Å². The van der Waals surface area contributed by atoms with Gasteiger partial charge in [0.1, 0.15) is 0 Å². The SMILES string of the molecule is CCc1ccccc1NC(=O)N1CCN(Cc2cccc(C)c2)CC1. The molecule has 0 spiro atoms. The van der Waals surface area contributed by atoms with E-state index in [1.807, 2.05) is 23.1 Å². The van der Waals surface area contributed by atoms with Gasteiger partial charge in [0.25, 0.3) is 0 Å². The number of rotatable bonds is 4. The summed E-state index contributed by atoms with van der Waals surface area (Å²) in [5.41, 5.74) is 4.74. The molecule has 2 aromatic rings. The van der Waals surface area contributed by atoms with Crippen molar-refractivity contribution in [3.8, 4) is 0 Å². The predicted molar refractivity (Wildman–Crippen MR) is 103 cm³/mol. The van der Waals surface area contributed by atoms with Crippen LogP contribution in [0.4, 0.5) is 10.5 Å². The molecule has 1 aliphatic heterocycles. The summed E-state index contributed by atoms with van der Waals surface area (Å²) in [5, 5.41) is 3.07. The van der Waals surface area contributed by atoms with Gasteiger partial charge in [-0.2, -0.15) is 0 Å². The standard InChI is InChI=1S/C21H27N3O/c1-3-19-9-4-5-10-20(19)22-21(25)24-13-11-23(12-14-24)16-18-8-6-7-17(2)15-18/h4-10,15H,3,11-14,16H2,1-2H3,(H,22,25). The van der Waals surface area contributed by atoms with E-state index in [9.17, 15) is 4.79 Å². The van der Waals surface area contributed by atoms with Crippen molar-refractivity contribution in [3.05, 3.63) is 65.2 Å². The van der Waals surface area contributed by atoms with Crippen molar-refractivity contribution in [1.82, 2.24) is 9.80 Å². The van der Waals surface area contributed by atoms with Crippen LogP contribution >= 0.6 is 0 Å². The molecule has 1 N–H and O–H groups in total. The minimum absolute atomic E-state index is 0.0103. The number of piperazine rings is 1. The maximum Gasteiger partial charge on any atom is 0.321 e. The first kappa shape index (κ1) is 17.5. The molecule has 3 rings (SSSR count). The molecule has 1 heterocycles. The number of aryl methyl sites for hydroxylation is 2. The molecule has 0 radical (unpaired) electrons. The maximum atomic E-state index is 12.5. The second kappa shape index (κ2) is 8.17. The molecule has 0 bridgehead atoms. The molecule has 25 heavy (non-hydrogen) atoms. The zero-order valence-electron chi connectivity index (χ0n) is 15.2. The Labute approximate surface area is 150 Å². The lowest BCUT2D eigenvalue weighted by Crippen LogP contribution is -2.49. The Balaban J connectivity index is 1.52. The Bertz CT molecular complexity index is 721. The second-order valence-electron chi connectivity index (χ2n) is 6.69. The van der Waals surface area contributed by atoms with Gasteiger partial charge in [0.15, 0.2) is 0 Å². The Morgan fingerprint density at radius 2 is 1.80 bits per heavy atom. The van der Waals surface area contributed by atoms with Crippen molar-refractivity contribution in [2.75, 3.05) is 31.5 Å². The largest absolute Gasteiger partial charge is 0.322 e. The number of carbonyl (C=O) groups excluding carboxylic acids is 1. The number of carbonyl (C=O) groups is 1. The molecular weight excluding hydrogens is 310 g/mol. The van der Waals surface area contributed by atoms with Gasteiger partial charge in [-0.3, -0.25) is 4.90 Å².